The third kappa shape index (κ3) is 2.23. The highest BCUT2D eigenvalue weighted by atomic mass is 35.5. The minimum Gasteiger partial charge on any atom is -0.496 e. The number of hydrogen-bond donors (Lipinski definition) is 1. The van der Waals surface area contributed by atoms with Gasteiger partial charge in [-0.15, -0.1) is 0 Å². The predicted molar refractivity (Wildman–Crippen MR) is 83.5 cm³/mol. The zero-order valence-corrected chi connectivity index (χ0v) is 13.0. The summed E-state index contributed by atoms with van der Waals surface area (Å²) < 4.78 is 5.55. The second-order valence-electron chi connectivity index (χ2n) is 6.74. The van der Waals surface area contributed by atoms with E-state index >= 15 is 0 Å². The molecule has 2 aliphatic rings. The first kappa shape index (κ1) is 14.2. The number of benzene rings is 1. The Balaban J connectivity index is 1.90. The molecule has 2 N–H and O–H groups in total. The normalized spacial score (nSPS) is 23.4. The van der Waals surface area contributed by atoms with Gasteiger partial charge in [-0.1, -0.05) is 30.9 Å². The van der Waals surface area contributed by atoms with Crippen LogP contribution in [-0.4, -0.2) is 13.7 Å². The van der Waals surface area contributed by atoms with Crippen LogP contribution in [0.25, 0.3) is 0 Å². The molecule has 0 aromatic heterocycles. The monoisotopic (exact) mass is 293 g/mol. The second-order valence-corrected chi connectivity index (χ2v) is 7.18. The largest absolute Gasteiger partial charge is 0.496 e. The molecule has 2 aliphatic carbocycles. The quantitative estimate of drug-likeness (QED) is 0.902. The summed E-state index contributed by atoms with van der Waals surface area (Å²) in [5, 5.41) is 0.776. The van der Waals surface area contributed by atoms with Crippen LogP contribution in [0.2, 0.25) is 5.02 Å². The molecule has 0 radical (unpaired) electrons. The van der Waals surface area contributed by atoms with E-state index in [2.05, 4.69) is 6.07 Å². The molecule has 110 valence electrons. The van der Waals surface area contributed by atoms with Crippen LogP contribution < -0.4 is 10.5 Å². The maximum atomic E-state index is 6.20. The van der Waals surface area contributed by atoms with Gasteiger partial charge in [-0.3, -0.25) is 0 Å². The fourth-order valence-corrected chi connectivity index (χ4v) is 4.75. The van der Waals surface area contributed by atoms with Crippen molar-refractivity contribution in [3.05, 3.63) is 28.8 Å². The Morgan fingerprint density at radius 1 is 1.20 bits per heavy atom. The lowest BCUT2D eigenvalue weighted by Gasteiger charge is -2.58. The van der Waals surface area contributed by atoms with E-state index in [-0.39, 0.29) is 5.41 Å². The Morgan fingerprint density at radius 2 is 1.90 bits per heavy atom. The fourth-order valence-electron chi connectivity index (χ4n) is 4.58. The van der Waals surface area contributed by atoms with Crippen molar-refractivity contribution in [2.45, 2.75) is 50.4 Å². The van der Waals surface area contributed by atoms with Crippen molar-refractivity contribution in [3.8, 4) is 5.75 Å². The van der Waals surface area contributed by atoms with Crippen molar-refractivity contribution in [3.63, 3.8) is 0 Å². The minimum absolute atomic E-state index is 0.0770. The first-order valence-corrected chi connectivity index (χ1v) is 8.05. The molecule has 2 nitrogen and oxygen atoms in total. The molecule has 3 rings (SSSR count). The third-order valence-corrected chi connectivity index (χ3v) is 5.70. The Morgan fingerprint density at radius 3 is 2.50 bits per heavy atom. The van der Waals surface area contributed by atoms with Gasteiger partial charge in [0, 0.05) is 22.5 Å². The second kappa shape index (κ2) is 5.23. The molecule has 0 saturated heterocycles. The first-order valence-electron chi connectivity index (χ1n) is 7.67. The van der Waals surface area contributed by atoms with Gasteiger partial charge in [0.25, 0.3) is 0 Å². The zero-order valence-electron chi connectivity index (χ0n) is 12.3. The van der Waals surface area contributed by atoms with Crippen molar-refractivity contribution in [1.82, 2.24) is 0 Å². The third-order valence-electron chi connectivity index (χ3n) is 5.46. The summed E-state index contributed by atoms with van der Waals surface area (Å²) in [5.41, 5.74) is 8.00. The Kier molecular flexibility index (Phi) is 3.72. The molecule has 20 heavy (non-hydrogen) atoms. The lowest BCUT2D eigenvalue weighted by molar-refractivity contribution is -0.00939. The lowest BCUT2D eigenvalue weighted by atomic mass is 9.46. The van der Waals surface area contributed by atoms with Crippen molar-refractivity contribution < 1.29 is 4.74 Å². The van der Waals surface area contributed by atoms with E-state index in [4.69, 9.17) is 22.1 Å². The molecule has 0 unspecified atom stereocenters. The van der Waals surface area contributed by atoms with Crippen molar-refractivity contribution in [2.24, 2.45) is 11.1 Å². The highest BCUT2D eigenvalue weighted by molar-refractivity contribution is 6.30. The van der Waals surface area contributed by atoms with Crippen LogP contribution in [0.15, 0.2) is 18.2 Å². The Bertz CT molecular complexity index is 486. The van der Waals surface area contributed by atoms with Gasteiger partial charge in [-0.2, -0.15) is 0 Å². The van der Waals surface area contributed by atoms with Crippen LogP contribution in [0.4, 0.5) is 0 Å². The maximum absolute atomic E-state index is 6.20. The van der Waals surface area contributed by atoms with Crippen LogP contribution in [0.5, 0.6) is 5.75 Å². The zero-order chi connectivity index (χ0) is 14.2. The fraction of sp³-hybridized carbons (Fsp3) is 0.647. The molecule has 1 aromatic rings. The average molecular weight is 294 g/mol. The molecule has 0 heterocycles. The number of nitrogens with two attached hydrogens (primary N) is 1. The van der Waals surface area contributed by atoms with Gasteiger partial charge in [0.2, 0.25) is 0 Å². The van der Waals surface area contributed by atoms with E-state index in [0.717, 1.165) is 10.8 Å². The van der Waals surface area contributed by atoms with Gasteiger partial charge in [0.1, 0.15) is 5.75 Å². The van der Waals surface area contributed by atoms with E-state index in [9.17, 15) is 0 Å². The Labute approximate surface area is 126 Å². The molecule has 0 atom stereocenters. The molecule has 1 spiro atoms. The molecule has 0 amide bonds. The van der Waals surface area contributed by atoms with Crippen LogP contribution in [0.1, 0.15) is 50.5 Å². The van der Waals surface area contributed by atoms with Gasteiger partial charge in [-0.05, 0) is 49.3 Å². The highest BCUT2D eigenvalue weighted by Gasteiger charge is 2.55. The maximum Gasteiger partial charge on any atom is 0.122 e. The molecule has 1 aromatic carbocycles. The Hall–Kier alpha value is -0.730. The average Bonchev–Trinajstić information content (AvgIpc) is 2.45. The number of ether oxygens (including phenoxy) is 1. The lowest BCUT2D eigenvalue weighted by Crippen LogP contribution is -2.54. The SMILES string of the molecule is COc1ccc(Cl)cc1C1(CN)CC2(CCCCC2)C1. The minimum atomic E-state index is 0.0770. The van der Waals surface area contributed by atoms with Gasteiger partial charge in [0.05, 0.1) is 7.11 Å². The first-order chi connectivity index (χ1) is 9.63. The molecule has 2 fully saturated rings. The summed E-state index contributed by atoms with van der Waals surface area (Å²) in [7, 11) is 1.73. The van der Waals surface area contributed by atoms with E-state index in [0.29, 0.717) is 12.0 Å². The van der Waals surface area contributed by atoms with E-state index in [1.54, 1.807) is 7.11 Å². The van der Waals surface area contributed by atoms with Gasteiger partial charge < -0.3 is 10.5 Å². The molecule has 0 aliphatic heterocycles. The molecule has 0 bridgehead atoms. The molecular weight excluding hydrogens is 270 g/mol. The smallest absolute Gasteiger partial charge is 0.122 e. The van der Waals surface area contributed by atoms with Gasteiger partial charge in [-0.25, -0.2) is 0 Å². The summed E-state index contributed by atoms with van der Waals surface area (Å²) in [6, 6.07) is 5.92. The number of rotatable bonds is 3. The van der Waals surface area contributed by atoms with E-state index in [1.807, 2.05) is 12.1 Å². The summed E-state index contributed by atoms with van der Waals surface area (Å²) in [5.74, 6) is 0.936. The molecular formula is C17H24ClNO. The van der Waals surface area contributed by atoms with Crippen LogP contribution >= 0.6 is 11.6 Å². The van der Waals surface area contributed by atoms with Crippen LogP contribution in [-0.2, 0) is 5.41 Å². The number of methoxy groups -OCH3 is 1. The van der Waals surface area contributed by atoms with Gasteiger partial charge in [0.15, 0.2) is 0 Å². The van der Waals surface area contributed by atoms with Crippen molar-refractivity contribution >= 4 is 11.6 Å². The summed E-state index contributed by atoms with van der Waals surface area (Å²) in [6.07, 6.45) is 9.31. The summed E-state index contributed by atoms with van der Waals surface area (Å²) in [4.78, 5) is 0. The van der Waals surface area contributed by atoms with Crippen LogP contribution in [0, 0.1) is 5.41 Å². The summed E-state index contributed by atoms with van der Waals surface area (Å²) in [6.45, 7) is 0.686. The molecule has 3 heteroatoms. The van der Waals surface area contributed by atoms with E-state index in [1.165, 1.54) is 50.5 Å². The van der Waals surface area contributed by atoms with Crippen molar-refractivity contribution in [2.75, 3.05) is 13.7 Å². The number of hydrogen-bond acceptors (Lipinski definition) is 2. The standard InChI is InChI=1S/C17H24ClNO/c1-20-15-6-5-13(18)9-14(15)17(12-19)10-16(11-17)7-3-2-4-8-16/h5-6,9H,2-4,7-8,10-12,19H2,1H3. The van der Waals surface area contributed by atoms with Crippen LogP contribution in [0.3, 0.4) is 0 Å². The van der Waals surface area contributed by atoms with Gasteiger partial charge >= 0.3 is 0 Å². The topological polar surface area (TPSA) is 35.2 Å². The number of halogens is 1. The predicted octanol–water partition coefficient (Wildman–Crippen LogP) is 4.29. The summed E-state index contributed by atoms with van der Waals surface area (Å²) >= 11 is 6.20. The van der Waals surface area contributed by atoms with Crippen molar-refractivity contribution in [1.29, 1.82) is 0 Å². The van der Waals surface area contributed by atoms with E-state index < -0.39 is 0 Å². The molecule has 2 saturated carbocycles. The highest BCUT2D eigenvalue weighted by Crippen LogP contribution is 2.62.